The summed E-state index contributed by atoms with van der Waals surface area (Å²) in [5.41, 5.74) is 0.660. The van der Waals surface area contributed by atoms with Gasteiger partial charge in [0.2, 0.25) is 17.6 Å². The molecule has 0 spiro atoms. The van der Waals surface area contributed by atoms with Gasteiger partial charge in [0.05, 0.1) is 29.3 Å². The Balaban J connectivity index is 1.19. The van der Waals surface area contributed by atoms with Crippen LogP contribution in [0.2, 0.25) is 0 Å². The quantitative estimate of drug-likeness (QED) is 0.157. The van der Waals surface area contributed by atoms with Crippen molar-refractivity contribution in [1.82, 2.24) is 0 Å². The molecule has 186 valence electrons. The van der Waals surface area contributed by atoms with Crippen molar-refractivity contribution in [2.45, 2.75) is 12.8 Å². The minimum absolute atomic E-state index is 0.0463. The monoisotopic (exact) mass is 499 g/mol. The van der Waals surface area contributed by atoms with Gasteiger partial charge >= 0.3 is 11.9 Å². The SMILES string of the molecule is O=C(COC(=O)c1cccc(N2C(=O)C3CC=CCC3C2=O)c1)c1ccc(OC(=O)c2ccco2)cc1. The van der Waals surface area contributed by atoms with Gasteiger partial charge in [-0.2, -0.15) is 0 Å². The highest BCUT2D eigenvalue weighted by molar-refractivity contribution is 6.22. The van der Waals surface area contributed by atoms with Crippen LogP contribution in [0.25, 0.3) is 0 Å². The highest BCUT2D eigenvalue weighted by atomic mass is 16.5. The van der Waals surface area contributed by atoms with Crippen LogP contribution in [-0.2, 0) is 14.3 Å². The molecule has 3 aromatic rings. The number of anilines is 1. The Labute approximate surface area is 211 Å². The number of fused-ring (bicyclic) bond motifs is 1. The van der Waals surface area contributed by atoms with E-state index in [0.29, 0.717) is 18.5 Å². The van der Waals surface area contributed by atoms with Crippen LogP contribution in [0.3, 0.4) is 0 Å². The Morgan fingerprint density at radius 2 is 1.54 bits per heavy atom. The average Bonchev–Trinajstić information content (AvgIpc) is 3.55. The molecule has 2 aromatic carbocycles. The maximum atomic E-state index is 12.8. The summed E-state index contributed by atoms with van der Waals surface area (Å²) in [7, 11) is 0. The van der Waals surface area contributed by atoms with Gasteiger partial charge in [-0.3, -0.25) is 19.3 Å². The van der Waals surface area contributed by atoms with Gasteiger partial charge in [0.1, 0.15) is 5.75 Å². The predicted octanol–water partition coefficient (Wildman–Crippen LogP) is 3.99. The van der Waals surface area contributed by atoms with Crippen molar-refractivity contribution in [1.29, 1.82) is 0 Å². The number of imide groups is 1. The Morgan fingerprint density at radius 3 is 2.19 bits per heavy atom. The lowest BCUT2D eigenvalue weighted by Gasteiger charge is -2.15. The van der Waals surface area contributed by atoms with E-state index in [1.807, 2.05) is 12.2 Å². The van der Waals surface area contributed by atoms with Crippen LogP contribution in [0.4, 0.5) is 5.69 Å². The fourth-order valence-electron chi connectivity index (χ4n) is 4.39. The number of nitrogens with zero attached hydrogens (tertiary/aromatic N) is 1. The number of ether oxygens (including phenoxy) is 2. The van der Waals surface area contributed by atoms with Crippen LogP contribution in [-0.4, -0.2) is 36.1 Å². The number of benzene rings is 2. The number of Topliss-reactive ketones (excluding diaryl/α,β-unsaturated/α-hetero) is 1. The molecule has 2 heterocycles. The lowest BCUT2D eigenvalue weighted by atomic mass is 9.85. The number of carbonyl (C=O) groups is 5. The smallest absolute Gasteiger partial charge is 0.379 e. The normalized spacial score (nSPS) is 18.4. The molecule has 2 aliphatic rings. The van der Waals surface area contributed by atoms with Crippen molar-refractivity contribution in [3.63, 3.8) is 0 Å². The molecule has 5 rings (SSSR count). The first-order valence-corrected chi connectivity index (χ1v) is 11.6. The van der Waals surface area contributed by atoms with Crippen LogP contribution >= 0.6 is 0 Å². The number of furan rings is 1. The highest BCUT2D eigenvalue weighted by Crippen LogP contribution is 2.37. The van der Waals surface area contributed by atoms with Crippen molar-refractivity contribution in [3.8, 4) is 5.75 Å². The number of allylic oxidation sites excluding steroid dienone is 2. The van der Waals surface area contributed by atoms with Crippen LogP contribution in [0, 0.1) is 11.8 Å². The molecule has 1 aliphatic heterocycles. The molecule has 0 saturated carbocycles. The molecule has 1 saturated heterocycles. The van der Waals surface area contributed by atoms with Crippen molar-refractivity contribution < 1.29 is 37.9 Å². The Kier molecular flexibility index (Phi) is 6.51. The van der Waals surface area contributed by atoms with Crippen molar-refractivity contribution in [2.75, 3.05) is 11.5 Å². The van der Waals surface area contributed by atoms with Crippen LogP contribution in [0.15, 0.2) is 83.5 Å². The van der Waals surface area contributed by atoms with Gasteiger partial charge in [-0.05, 0) is 67.4 Å². The van der Waals surface area contributed by atoms with Gasteiger partial charge in [-0.15, -0.1) is 0 Å². The Hall–Kier alpha value is -4.79. The van der Waals surface area contributed by atoms with E-state index in [4.69, 9.17) is 13.9 Å². The summed E-state index contributed by atoms with van der Waals surface area (Å²) in [5, 5.41) is 0. The molecule has 1 aromatic heterocycles. The van der Waals surface area contributed by atoms with E-state index in [-0.39, 0.29) is 46.3 Å². The molecule has 2 amide bonds. The zero-order valence-electron chi connectivity index (χ0n) is 19.5. The Bertz CT molecular complexity index is 1380. The van der Waals surface area contributed by atoms with E-state index in [2.05, 4.69) is 0 Å². The van der Waals surface area contributed by atoms with Gasteiger partial charge in [-0.1, -0.05) is 18.2 Å². The van der Waals surface area contributed by atoms with Crippen LogP contribution in [0.1, 0.15) is 44.1 Å². The molecule has 9 nitrogen and oxygen atoms in total. The number of hydrogen-bond acceptors (Lipinski definition) is 8. The molecule has 0 N–H and O–H groups in total. The van der Waals surface area contributed by atoms with Crippen molar-refractivity contribution >= 4 is 35.2 Å². The largest absolute Gasteiger partial charge is 0.457 e. The minimum Gasteiger partial charge on any atom is -0.457 e. The summed E-state index contributed by atoms with van der Waals surface area (Å²) >= 11 is 0. The van der Waals surface area contributed by atoms with Crippen LogP contribution in [0.5, 0.6) is 5.75 Å². The van der Waals surface area contributed by atoms with E-state index < -0.39 is 24.3 Å². The highest BCUT2D eigenvalue weighted by Gasteiger charge is 2.47. The summed E-state index contributed by atoms with van der Waals surface area (Å²) in [5.74, 6) is -2.97. The first kappa shape index (κ1) is 23.9. The number of esters is 2. The molecular weight excluding hydrogens is 478 g/mol. The van der Waals surface area contributed by atoms with E-state index in [9.17, 15) is 24.0 Å². The van der Waals surface area contributed by atoms with Crippen LogP contribution < -0.4 is 9.64 Å². The third kappa shape index (κ3) is 4.84. The number of rotatable bonds is 7. The van der Waals surface area contributed by atoms with E-state index in [0.717, 1.165) is 4.90 Å². The topological polar surface area (TPSA) is 120 Å². The third-order valence-electron chi connectivity index (χ3n) is 6.29. The van der Waals surface area contributed by atoms with E-state index in [1.54, 1.807) is 18.2 Å². The second kappa shape index (κ2) is 10.1. The number of carbonyl (C=O) groups excluding carboxylic acids is 5. The molecule has 0 radical (unpaired) electrons. The van der Waals surface area contributed by atoms with Gasteiger partial charge in [0.15, 0.2) is 12.4 Å². The summed E-state index contributed by atoms with van der Waals surface area (Å²) < 4.78 is 15.3. The minimum atomic E-state index is -0.766. The Morgan fingerprint density at radius 1 is 0.838 bits per heavy atom. The average molecular weight is 499 g/mol. The first-order chi connectivity index (χ1) is 17.9. The molecule has 9 heteroatoms. The van der Waals surface area contributed by atoms with E-state index >= 15 is 0 Å². The van der Waals surface area contributed by atoms with Crippen molar-refractivity contribution in [2.24, 2.45) is 11.8 Å². The fourth-order valence-corrected chi connectivity index (χ4v) is 4.39. The fraction of sp³-hybridized carbons (Fsp3) is 0.179. The molecular formula is C28H21NO8. The maximum absolute atomic E-state index is 12.8. The molecule has 2 unspecified atom stereocenters. The van der Waals surface area contributed by atoms with Gasteiger partial charge in [0, 0.05) is 5.56 Å². The zero-order chi connectivity index (χ0) is 25.9. The van der Waals surface area contributed by atoms with Crippen molar-refractivity contribution in [3.05, 3.63) is 96.0 Å². The lowest BCUT2D eigenvalue weighted by molar-refractivity contribution is -0.122. The number of hydrogen-bond donors (Lipinski definition) is 0. The first-order valence-electron chi connectivity index (χ1n) is 11.6. The molecule has 1 aliphatic carbocycles. The lowest BCUT2D eigenvalue weighted by Crippen LogP contribution is -2.31. The van der Waals surface area contributed by atoms with Gasteiger partial charge < -0.3 is 13.9 Å². The maximum Gasteiger partial charge on any atom is 0.379 e. The van der Waals surface area contributed by atoms with E-state index in [1.165, 1.54) is 48.7 Å². The number of ketones is 1. The summed E-state index contributed by atoms with van der Waals surface area (Å²) in [6.07, 6.45) is 6.19. The second-order valence-corrected chi connectivity index (χ2v) is 8.61. The predicted molar refractivity (Wildman–Crippen MR) is 129 cm³/mol. The summed E-state index contributed by atoms with van der Waals surface area (Å²) in [6.45, 7) is -0.522. The van der Waals surface area contributed by atoms with Gasteiger partial charge in [-0.25, -0.2) is 9.59 Å². The number of amides is 2. The summed E-state index contributed by atoms with van der Waals surface area (Å²) in [4.78, 5) is 63.8. The molecule has 37 heavy (non-hydrogen) atoms. The molecule has 2 atom stereocenters. The standard InChI is InChI=1S/C28H21NO8/c30-23(17-10-12-20(13-11-17)37-28(34)24-9-4-14-35-24)16-36-27(33)18-5-3-6-19(15-18)29-25(31)21-7-1-2-8-22(21)26(29)32/h1-6,9-15,21-22H,7-8,16H2. The zero-order valence-corrected chi connectivity index (χ0v) is 19.5. The third-order valence-corrected chi connectivity index (χ3v) is 6.29. The summed E-state index contributed by atoms with van der Waals surface area (Å²) in [6, 6.07) is 14.8. The van der Waals surface area contributed by atoms with Gasteiger partial charge in [0.25, 0.3) is 0 Å². The molecule has 1 fully saturated rings. The molecule has 0 bridgehead atoms. The second-order valence-electron chi connectivity index (χ2n) is 8.61.